The molecule has 0 radical (unpaired) electrons. The third-order valence-electron chi connectivity index (χ3n) is 3.21. The minimum Gasteiger partial charge on any atom is -0.427 e. The highest BCUT2D eigenvalue weighted by Crippen LogP contribution is 2.34. The van der Waals surface area contributed by atoms with Crippen LogP contribution >= 0.6 is 8.60 Å². The van der Waals surface area contributed by atoms with Gasteiger partial charge >= 0.3 is 8.60 Å². The molecule has 1 aromatic carbocycles. The Balaban J connectivity index is 2.74. The van der Waals surface area contributed by atoms with Crippen LogP contribution in [0.15, 0.2) is 24.3 Å². The van der Waals surface area contributed by atoms with E-state index in [4.69, 9.17) is 14.3 Å². The van der Waals surface area contributed by atoms with Gasteiger partial charge in [-0.25, -0.2) is 0 Å². The van der Waals surface area contributed by atoms with Crippen molar-refractivity contribution >= 4 is 8.60 Å². The second kappa shape index (κ2) is 7.08. The molecule has 0 aliphatic rings. The maximum absolute atomic E-state index is 8.87. The van der Waals surface area contributed by atoms with Gasteiger partial charge < -0.3 is 14.3 Å². The molecule has 0 bridgehead atoms. The molecule has 4 heteroatoms. The lowest BCUT2D eigenvalue weighted by Crippen LogP contribution is -2.16. The van der Waals surface area contributed by atoms with Crippen molar-refractivity contribution in [3.05, 3.63) is 29.8 Å². The van der Waals surface area contributed by atoms with Gasteiger partial charge in [-0.2, -0.15) is 0 Å². The minimum absolute atomic E-state index is 0.0855. The molecule has 0 aromatic heterocycles. The van der Waals surface area contributed by atoms with Gasteiger partial charge in [-0.1, -0.05) is 52.2 Å². The Morgan fingerprint density at radius 1 is 1.22 bits per heavy atom. The summed E-state index contributed by atoms with van der Waals surface area (Å²) >= 11 is 0. The Kier molecular flexibility index (Phi) is 6.07. The van der Waals surface area contributed by atoms with Crippen molar-refractivity contribution in [1.82, 2.24) is 0 Å². The van der Waals surface area contributed by atoms with E-state index in [1.807, 2.05) is 12.1 Å². The SMILES string of the molecule is CCCCCC(C)(C)c1cccc(OP(O)O)c1. The van der Waals surface area contributed by atoms with Crippen LogP contribution in [0, 0.1) is 0 Å². The molecular weight excluding hydrogens is 247 g/mol. The van der Waals surface area contributed by atoms with Crippen LogP contribution in [-0.4, -0.2) is 9.79 Å². The second-order valence-corrected chi connectivity index (χ2v) is 5.90. The monoisotopic (exact) mass is 270 g/mol. The first-order valence-corrected chi connectivity index (χ1v) is 7.58. The van der Waals surface area contributed by atoms with Gasteiger partial charge in [0, 0.05) is 0 Å². The summed E-state index contributed by atoms with van der Waals surface area (Å²) in [5, 5.41) is 0. The van der Waals surface area contributed by atoms with Crippen LogP contribution in [0.5, 0.6) is 5.75 Å². The highest BCUT2D eigenvalue weighted by molar-refractivity contribution is 7.39. The topological polar surface area (TPSA) is 49.7 Å². The molecule has 0 saturated carbocycles. The van der Waals surface area contributed by atoms with Crippen molar-refractivity contribution in [2.24, 2.45) is 0 Å². The first-order chi connectivity index (χ1) is 8.45. The predicted molar refractivity (Wildman–Crippen MR) is 75.6 cm³/mol. The molecule has 0 fully saturated rings. The Morgan fingerprint density at radius 2 is 1.94 bits per heavy atom. The van der Waals surface area contributed by atoms with Gasteiger partial charge in [0.1, 0.15) is 5.75 Å². The quantitative estimate of drug-likeness (QED) is 0.578. The van der Waals surface area contributed by atoms with Crippen LogP contribution in [0.2, 0.25) is 0 Å². The van der Waals surface area contributed by atoms with Crippen LogP contribution in [0.3, 0.4) is 0 Å². The van der Waals surface area contributed by atoms with Crippen molar-refractivity contribution in [3.63, 3.8) is 0 Å². The third-order valence-corrected chi connectivity index (χ3v) is 3.58. The standard InChI is InChI=1S/C14H23O3P/c1-4-5-6-10-14(2,3)12-8-7-9-13(11-12)17-18(15)16/h7-9,11,15-16H,4-6,10H2,1-3H3. The van der Waals surface area contributed by atoms with Crippen molar-refractivity contribution in [2.45, 2.75) is 51.9 Å². The first-order valence-electron chi connectivity index (χ1n) is 6.42. The molecular formula is C14H23O3P. The molecule has 3 nitrogen and oxygen atoms in total. The van der Waals surface area contributed by atoms with E-state index in [1.54, 1.807) is 6.07 Å². The van der Waals surface area contributed by atoms with Crippen LogP contribution in [0.4, 0.5) is 0 Å². The highest BCUT2D eigenvalue weighted by atomic mass is 31.2. The summed E-state index contributed by atoms with van der Waals surface area (Å²) in [6.07, 6.45) is 4.80. The van der Waals surface area contributed by atoms with E-state index in [0.717, 1.165) is 6.42 Å². The molecule has 0 unspecified atom stereocenters. The molecule has 2 N–H and O–H groups in total. The van der Waals surface area contributed by atoms with Crippen molar-refractivity contribution in [2.75, 3.05) is 0 Å². The fourth-order valence-corrected chi connectivity index (χ4v) is 2.33. The average Bonchev–Trinajstić information content (AvgIpc) is 2.28. The summed E-state index contributed by atoms with van der Waals surface area (Å²) < 4.78 is 4.95. The lowest BCUT2D eigenvalue weighted by atomic mass is 9.80. The van der Waals surface area contributed by atoms with E-state index in [1.165, 1.54) is 24.8 Å². The fraction of sp³-hybridized carbons (Fsp3) is 0.571. The number of rotatable bonds is 7. The summed E-state index contributed by atoms with van der Waals surface area (Å²) in [4.78, 5) is 17.7. The molecule has 18 heavy (non-hydrogen) atoms. The molecule has 0 aliphatic carbocycles. The lowest BCUT2D eigenvalue weighted by Gasteiger charge is -2.25. The predicted octanol–water partition coefficient (Wildman–Crippen LogP) is 4.13. The van der Waals surface area contributed by atoms with E-state index in [0.29, 0.717) is 5.75 Å². The summed E-state index contributed by atoms with van der Waals surface area (Å²) in [5.41, 5.74) is 1.26. The fourth-order valence-electron chi connectivity index (χ4n) is 2.03. The van der Waals surface area contributed by atoms with E-state index < -0.39 is 8.60 Å². The molecule has 0 heterocycles. The third kappa shape index (κ3) is 4.93. The van der Waals surface area contributed by atoms with Crippen LogP contribution < -0.4 is 4.52 Å². The zero-order valence-electron chi connectivity index (χ0n) is 11.4. The minimum atomic E-state index is -2.34. The smallest absolute Gasteiger partial charge is 0.391 e. The lowest BCUT2D eigenvalue weighted by molar-refractivity contribution is 0.374. The molecule has 1 rings (SSSR count). The molecule has 0 amide bonds. The molecule has 1 aromatic rings. The van der Waals surface area contributed by atoms with Crippen molar-refractivity contribution < 1.29 is 14.3 Å². The molecule has 0 spiro atoms. The van der Waals surface area contributed by atoms with E-state index in [2.05, 4.69) is 26.8 Å². The molecule has 102 valence electrons. The molecule has 0 aliphatic heterocycles. The average molecular weight is 270 g/mol. The van der Waals surface area contributed by atoms with Gasteiger partial charge in [-0.3, -0.25) is 0 Å². The van der Waals surface area contributed by atoms with Gasteiger partial charge in [-0.05, 0) is 29.5 Å². The Labute approximate surface area is 111 Å². The molecule has 0 atom stereocenters. The zero-order chi connectivity index (χ0) is 13.6. The Hall–Kier alpha value is -0.630. The van der Waals surface area contributed by atoms with E-state index in [9.17, 15) is 0 Å². The van der Waals surface area contributed by atoms with Crippen molar-refractivity contribution in [3.8, 4) is 5.75 Å². The normalized spacial score (nSPS) is 11.9. The first kappa shape index (κ1) is 15.4. The summed E-state index contributed by atoms with van der Waals surface area (Å²) in [6.45, 7) is 6.62. The number of hydrogen-bond acceptors (Lipinski definition) is 3. The number of benzene rings is 1. The largest absolute Gasteiger partial charge is 0.427 e. The Morgan fingerprint density at radius 3 is 2.56 bits per heavy atom. The van der Waals surface area contributed by atoms with Gasteiger partial charge in [0.05, 0.1) is 0 Å². The van der Waals surface area contributed by atoms with Gasteiger partial charge in [0.25, 0.3) is 0 Å². The van der Waals surface area contributed by atoms with E-state index in [-0.39, 0.29) is 5.41 Å². The Bertz CT molecular complexity index is 364. The number of unbranched alkanes of at least 4 members (excludes halogenated alkanes) is 2. The van der Waals surface area contributed by atoms with Crippen molar-refractivity contribution in [1.29, 1.82) is 0 Å². The maximum atomic E-state index is 8.87. The zero-order valence-corrected chi connectivity index (χ0v) is 12.3. The molecule has 0 saturated heterocycles. The highest BCUT2D eigenvalue weighted by Gasteiger charge is 2.20. The van der Waals surface area contributed by atoms with Crippen LogP contribution in [0.25, 0.3) is 0 Å². The van der Waals surface area contributed by atoms with Gasteiger partial charge in [0.2, 0.25) is 0 Å². The van der Waals surface area contributed by atoms with Gasteiger partial charge in [-0.15, -0.1) is 0 Å². The van der Waals surface area contributed by atoms with Gasteiger partial charge in [0.15, 0.2) is 0 Å². The maximum Gasteiger partial charge on any atom is 0.391 e. The number of hydrogen-bond donors (Lipinski definition) is 2. The van der Waals surface area contributed by atoms with Crippen LogP contribution in [-0.2, 0) is 5.41 Å². The summed E-state index contributed by atoms with van der Waals surface area (Å²) in [5.74, 6) is 0.521. The summed E-state index contributed by atoms with van der Waals surface area (Å²) in [6, 6.07) is 7.60. The summed E-state index contributed by atoms with van der Waals surface area (Å²) in [7, 11) is -2.34. The van der Waals surface area contributed by atoms with Crippen LogP contribution in [0.1, 0.15) is 52.0 Å². The second-order valence-electron chi connectivity index (χ2n) is 5.21. The van der Waals surface area contributed by atoms with E-state index >= 15 is 0 Å².